The highest BCUT2D eigenvalue weighted by molar-refractivity contribution is 7.14. The first-order chi connectivity index (χ1) is 15.9. The first kappa shape index (κ1) is 22.1. The van der Waals surface area contributed by atoms with E-state index in [9.17, 15) is 14.0 Å². The standard InChI is InChI=1S/C22H19FN6O3S/c1-12-20(27-28-29(12)15-5-4-6-16(10-15)32-3)21(31)26-22-25-19(11-33-22)17-8-7-14(9-18(17)23)24-13(2)30/h4-11H,1-3H3,(H,24,30)(H,25,26,31). The van der Waals surface area contributed by atoms with Crippen LogP contribution in [0.25, 0.3) is 16.9 Å². The first-order valence-corrected chi connectivity index (χ1v) is 10.6. The number of anilines is 2. The summed E-state index contributed by atoms with van der Waals surface area (Å²) in [5.74, 6) is -0.661. The summed E-state index contributed by atoms with van der Waals surface area (Å²) in [6.07, 6.45) is 0. The third kappa shape index (κ3) is 4.72. The minimum absolute atomic E-state index is 0.139. The number of methoxy groups -OCH3 is 1. The number of amides is 2. The van der Waals surface area contributed by atoms with E-state index in [0.717, 1.165) is 11.3 Å². The molecule has 0 aliphatic rings. The Morgan fingerprint density at radius 2 is 1.97 bits per heavy atom. The average Bonchev–Trinajstić information content (AvgIpc) is 3.40. The molecular formula is C22H19FN6O3S. The molecule has 0 unspecified atom stereocenters. The third-order valence-corrected chi connectivity index (χ3v) is 5.46. The number of ether oxygens (including phenoxy) is 1. The van der Waals surface area contributed by atoms with Gasteiger partial charge in [-0.05, 0) is 37.3 Å². The highest BCUT2D eigenvalue weighted by atomic mass is 32.1. The van der Waals surface area contributed by atoms with E-state index in [2.05, 4.69) is 25.9 Å². The van der Waals surface area contributed by atoms with Crippen molar-refractivity contribution in [1.29, 1.82) is 0 Å². The maximum absolute atomic E-state index is 14.5. The smallest absolute Gasteiger partial charge is 0.279 e. The van der Waals surface area contributed by atoms with Crippen LogP contribution >= 0.6 is 11.3 Å². The van der Waals surface area contributed by atoms with E-state index in [1.807, 2.05) is 12.1 Å². The number of carbonyl (C=O) groups excluding carboxylic acids is 2. The van der Waals surface area contributed by atoms with Gasteiger partial charge in [-0.15, -0.1) is 16.4 Å². The minimum atomic E-state index is -0.540. The van der Waals surface area contributed by atoms with Crippen molar-refractivity contribution in [1.82, 2.24) is 20.0 Å². The highest BCUT2D eigenvalue weighted by Crippen LogP contribution is 2.29. The number of nitrogens with zero attached hydrogens (tertiary/aromatic N) is 4. The van der Waals surface area contributed by atoms with Crippen LogP contribution in [-0.4, -0.2) is 38.9 Å². The van der Waals surface area contributed by atoms with Crippen molar-refractivity contribution in [3.8, 4) is 22.7 Å². The van der Waals surface area contributed by atoms with E-state index in [0.29, 0.717) is 28.5 Å². The lowest BCUT2D eigenvalue weighted by atomic mass is 10.1. The number of carbonyl (C=O) groups is 2. The maximum Gasteiger partial charge on any atom is 0.279 e. The molecule has 2 aromatic heterocycles. The van der Waals surface area contributed by atoms with Crippen molar-refractivity contribution in [2.45, 2.75) is 13.8 Å². The van der Waals surface area contributed by atoms with Crippen molar-refractivity contribution < 1.29 is 18.7 Å². The zero-order valence-corrected chi connectivity index (χ0v) is 18.7. The van der Waals surface area contributed by atoms with Gasteiger partial charge in [0.1, 0.15) is 11.6 Å². The van der Waals surface area contributed by atoms with Crippen molar-refractivity contribution in [2.24, 2.45) is 0 Å². The van der Waals surface area contributed by atoms with Crippen LogP contribution in [0.5, 0.6) is 5.75 Å². The quantitative estimate of drug-likeness (QED) is 0.443. The summed E-state index contributed by atoms with van der Waals surface area (Å²) in [5, 5.41) is 15.2. The summed E-state index contributed by atoms with van der Waals surface area (Å²) in [7, 11) is 1.57. The van der Waals surface area contributed by atoms with Crippen LogP contribution < -0.4 is 15.4 Å². The van der Waals surface area contributed by atoms with Gasteiger partial charge in [-0.25, -0.2) is 14.1 Å². The van der Waals surface area contributed by atoms with Gasteiger partial charge in [-0.2, -0.15) is 0 Å². The lowest BCUT2D eigenvalue weighted by molar-refractivity contribution is -0.114. The molecule has 2 aromatic carbocycles. The summed E-state index contributed by atoms with van der Waals surface area (Å²) >= 11 is 1.15. The number of thiazole rings is 1. The van der Waals surface area contributed by atoms with Gasteiger partial charge in [-0.3, -0.25) is 14.9 Å². The molecule has 0 spiro atoms. The number of nitrogens with one attached hydrogen (secondary N) is 2. The molecule has 0 aliphatic heterocycles. The largest absolute Gasteiger partial charge is 0.497 e. The highest BCUT2D eigenvalue weighted by Gasteiger charge is 2.19. The van der Waals surface area contributed by atoms with Gasteiger partial charge in [-0.1, -0.05) is 11.3 Å². The second-order valence-corrected chi connectivity index (χ2v) is 7.86. The Hall–Kier alpha value is -4.12. The Morgan fingerprint density at radius 3 is 2.70 bits per heavy atom. The molecule has 2 heterocycles. The Morgan fingerprint density at radius 1 is 1.15 bits per heavy atom. The van der Waals surface area contributed by atoms with E-state index in [-0.39, 0.29) is 22.3 Å². The van der Waals surface area contributed by atoms with Crippen molar-refractivity contribution in [2.75, 3.05) is 17.7 Å². The van der Waals surface area contributed by atoms with Crippen LogP contribution in [0.2, 0.25) is 0 Å². The van der Waals surface area contributed by atoms with E-state index in [1.165, 1.54) is 23.7 Å². The van der Waals surface area contributed by atoms with Crippen LogP contribution in [0, 0.1) is 12.7 Å². The summed E-state index contributed by atoms with van der Waals surface area (Å²) in [4.78, 5) is 28.2. The van der Waals surface area contributed by atoms with E-state index < -0.39 is 11.7 Å². The molecule has 0 saturated heterocycles. The zero-order chi connectivity index (χ0) is 23.5. The predicted molar refractivity (Wildman–Crippen MR) is 122 cm³/mol. The molecule has 0 bridgehead atoms. The summed E-state index contributed by atoms with van der Waals surface area (Å²) in [5.41, 5.74) is 2.34. The van der Waals surface area contributed by atoms with Crippen molar-refractivity contribution in [3.05, 3.63) is 65.0 Å². The molecule has 0 saturated carbocycles. The molecule has 11 heteroatoms. The van der Waals surface area contributed by atoms with E-state index in [4.69, 9.17) is 4.74 Å². The predicted octanol–water partition coefficient (Wildman–Crippen LogP) is 4.06. The second-order valence-electron chi connectivity index (χ2n) is 7.00. The molecule has 168 valence electrons. The molecule has 0 aliphatic carbocycles. The molecule has 9 nitrogen and oxygen atoms in total. The van der Waals surface area contributed by atoms with Crippen LogP contribution in [0.3, 0.4) is 0 Å². The monoisotopic (exact) mass is 466 g/mol. The summed E-state index contributed by atoms with van der Waals surface area (Å²) in [6, 6.07) is 11.5. The van der Waals surface area contributed by atoms with Crippen molar-refractivity contribution >= 4 is 34.0 Å². The van der Waals surface area contributed by atoms with Crippen LogP contribution in [-0.2, 0) is 4.79 Å². The van der Waals surface area contributed by atoms with Gasteiger partial charge >= 0.3 is 0 Å². The number of halogens is 1. The summed E-state index contributed by atoms with van der Waals surface area (Å²) in [6.45, 7) is 3.08. The molecule has 2 N–H and O–H groups in total. The lowest BCUT2D eigenvalue weighted by Gasteiger charge is -2.06. The maximum atomic E-state index is 14.5. The minimum Gasteiger partial charge on any atom is -0.497 e. The number of benzene rings is 2. The fourth-order valence-corrected chi connectivity index (χ4v) is 3.85. The Balaban J connectivity index is 1.52. The molecule has 33 heavy (non-hydrogen) atoms. The SMILES string of the molecule is COc1cccc(-n2nnc(C(=O)Nc3nc(-c4ccc(NC(C)=O)cc4F)cs3)c2C)c1. The Kier molecular flexibility index (Phi) is 6.13. The van der Waals surface area contributed by atoms with E-state index >= 15 is 0 Å². The van der Waals surface area contributed by atoms with Crippen molar-refractivity contribution in [3.63, 3.8) is 0 Å². The molecule has 0 radical (unpaired) electrons. The Labute approximate surface area is 192 Å². The first-order valence-electron chi connectivity index (χ1n) is 9.77. The molecule has 0 fully saturated rings. The molecule has 2 amide bonds. The van der Waals surface area contributed by atoms with Gasteiger partial charge in [0.2, 0.25) is 5.91 Å². The fourth-order valence-electron chi connectivity index (χ4n) is 3.14. The van der Waals surface area contributed by atoms with Gasteiger partial charge in [0.05, 0.1) is 24.2 Å². The normalized spacial score (nSPS) is 10.7. The molecule has 4 aromatic rings. The third-order valence-electron chi connectivity index (χ3n) is 4.70. The molecule has 4 rings (SSSR count). The van der Waals surface area contributed by atoms with Crippen LogP contribution in [0.15, 0.2) is 47.8 Å². The fraction of sp³-hybridized carbons (Fsp3) is 0.136. The summed E-state index contributed by atoms with van der Waals surface area (Å²) < 4.78 is 21.3. The topological polar surface area (TPSA) is 111 Å². The number of rotatable bonds is 6. The van der Waals surface area contributed by atoms with E-state index in [1.54, 1.807) is 37.6 Å². The van der Waals surface area contributed by atoms with Crippen LogP contribution in [0.4, 0.5) is 15.2 Å². The lowest BCUT2D eigenvalue weighted by Crippen LogP contribution is -2.14. The zero-order valence-electron chi connectivity index (χ0n) is 17.9. The Bertz CT molecular complexity index is 1350. The van der Waals surface area contributed by atoms with Gasteiger partial charge in [0, 0.05) is 29.6 Å². The molecular weight excluding hydrogens is 447 g/mol. The number of hydrogen-bond donors (Lipinski definition) is 2. The number of aromatic nitrogens is 4. The average molecular weight is 466 g/mol. The van der Waals surface area contributed by atoms with Gasteiger partial charge < -0.3 is 10.1 Å². The number of hydrogen-bond acceptors (Lipinski definition) is 7. The van der Waals surface area contributed by atoms with Gasteiger partial charge in [0.15, 0.2) is 10.8 Å². The van der Waals surface area contributed by atoms with Gasteiger partial charge in [0.25, 0.3) is 5.91 Å². The second kappa shape index (κ2) is 9.17. The molecule has 0 atom stereocenters. The van der Waals surface area contributed by atoms with Crippen LogP contribution in [0.1, 0.15) is 23.1 Å².